The number of halogens is 1. The van der Waals surface area contributed by atoms with Crippen LogP contribution in [0, 0.1) is 11.3 Å². The van der Waals surface area contributed by atoms with Crippen molar-refractivity contribution in [1.82, 2.24) is 4.98 Å². The lowest BCUT2D eigenvalue weighted by Crippen LogP contribution is -2.26. The lowest BCUT2D eigenvalue weighted by atomic mass is 10.2. The van der Waals surface area contributed by atoms with Crippen molar-refractivity contribution < 1.29 is 9.84 Å². The van der Waals surface area contributed by atoms with Gasteiger partial charge in [-0.15, -0.1) is 0 Å². The zero-order chi connectivity index (χ0) is 17.6. The smallest absolute Gasteiger partial charge is 0.183 e. The molecule has 2 aromatic carbocycles. The lowest BCUT2D eigenvalue weighted by Gasteiger charge is -2.13. The molecule has 0 aliphatic heterocycles. The molecular weight excluding hydrogens is 358 g/mol. The summed E-state index contributed by atoms with van der Waals surface area (Å²) in [5.41, 5.74) is 1.81. The highest BCUT2D eigenvalue weighted by Crippen LogP contribution is 2.28. The number of nitrogens with one attached hydrogen (secondary N) is 1. The average Bonchev–Trinajstić information content (AvgIpc) is 3.01. The van der Waals surface area contributed by atoms with Crippen LogP contribution in [0.1, 0.15) is 5.56 Å². The fourth-order valence-electron chi connectivity index (χ4n) is 2.23. The first kappa shape index (κ1) is 17.5. The number of aliphatic hydroxyl groups excluding tert-OH is 1. The van der Waals surface area contributed by atoms with Crippen molar-refractivity contribution >= 4 is 38.3 Å². The van der Waals surface area contributed by atoms with Gasteiger partial charge in [0.15, 0.2) is 5.13 Å². The Morgan fingerprint density at radius 1 is 1.28 bits per heavy atom. The Kier molecular flexibility index (Phi) is 5.71. The van der Waals surface area contributed by atoms with Gasteiger partial charge in [0.05, 0.1) is 22.7 Å². The highest BCUT2D eigenvalue weighted by molar-refractivity contribution is 7.22. The molecule has 0 spiro atoms. The molecule has 0 aliphatic carbocycles. The molecule has 0 saturated heterocycles. The molecular formula is C18H16ClN3O2S. The van der Waals surface area contributed by atoms with Crippen LogP contribution in [0.2, 0.25) is 5.02 Å². The van der Waals surface area contributed by atoms with Crippen molar-refractivity contribution in [1.29, 1.82) is 5.26 Å². The Hall–Kier alpha value is -2.33. The Bertz CT molecular complexity index is 889. The van der Waals surface area contributed by atoms with Gasteiger partial charge in [-0.05, 0) is 35.9 Å². The molecule has 3 aromatic rings. The van der Waals surface area contributed by atoms with Crippen molar-refractivity contribution in [2.24, 2.45) is 0 Å². The van der Waals surface area contributed by atoms with E-state index in [1.54, 1.807) is 18.2 Å². The number of aliphatic hydroxyl groups is 1. The van der Waals surface area contributed by atoms with Crippen molar-refractivity contribution in [3.63, 3.8) is 0 Å². The molecule has 0 amide bonds. The molecule has 0 saturated carbocycles. The minimum absolute atomic E-state index is 0.168. The third-order valence-electron chi connectivity index (χ3n) is 3.49. The largest absolute Gasteiger partial charge is 0.491 e. The van der Waals surface area contributed by atoms with E-state index < -0.39 is 6.10 Å². The van der Waals surface area contributed by atoms with Gasteiger partial charge in [0, 0.05) is 11.6 Å². The number of hydrogen-bond donors (Lipinski definition) is 2. The van der Waals surface area contributed by atoms with E-state index in [0.717, 1.165) is 20.9 Å². The van der Waals surface area contributed by atoms with Crippen LogP contribution >= 0.6 is 22.9 Å². The van der Waals surface area contributed by atoms with Gasteiger partial charge in [0.2, 0.25) is 0 Å². The molecule has 0 fully saturated rings. The van der Waals surface area contributed by atoms with Crippen molar-refractivity contribution in [3.8, 4) is 11.8 Å². The van der Waals surface area contributed by atoms with Crippen molar-refractivity contribution in [2.45, 2.75) is 12.5 Å². The molecule has 5 nitrogen and oxygen atoms in total. The normalized spacial score (nSPS) is 11.9. The summed E-state index contributed by atoms with van der Waals surface area (Å²) in [5, 5.41) is 23.2. The third-order valence-corrected chi connectivity index (χ3v) is 4.70. The molecule has 1 unspecified atom stereocenters. The Morgan fingerprint density at radius 2 is 2.08 bits per heavy atom. The minimum Gasteiger partial charge on any atom is -0.491 e. The fourth-order valence-corrected chi connectivity index (χ4v) is 3.37. The molecule has 0 radical (unpaired) electrons. The third kappa shape index (κ3) is 4.83. The first-order chi connectivity index (χ1) is 12.1. The number of anilines is 1. The van der Waals surface area contributed by atoms with Crippen LogP contribution in [0.25, 0.3) is 10.2 Å². The summed E-state index contributed by atoms with van der Waals surface area (Å²) in [6.07, 6.45) is -0.297. The van der Waals surface area contributed by atoms with Gasteiger partial charge < -0.3 is 15.2 Å². The summed E-state index contributed by atoms with van der Waals surface area (Å²) in [5.74, 6) is 0.662. The van der Waals surface area contributed by atoms with Crippen LogP contribution in [-0.4, -0.2) is 29.3 Å². The average molecular weight is 374 g/mol. The molecule has 1 aromatic heterocycles. The molecule has 128 valence electrons. The van der Waals surface area contributed by atoms with Crippen LogP contribution in [0.3, 0.4) is 0 Å². The van der Waals surface area contributed by atoms with E-state index in [2.05, 4.69) is 16.4 Å². The standard InChI is InChI=1S/C18H16ClN3O2S/c19-13-3-6-16-17(9-13)25-18(22-16)21-10-14(23)11-24-15-4-1-12(2-5-15)7-8-20/h1-6,9,14,23H,7,10-11H2,(H,21,22). The number of aromatic nitrogens is 1. The molecule has 1 heterocycles. The number of ether oxygens (including phenoxy) is 1. The maximum Gasteiger partial charge on any atom is 0.183 e. The predicted octanol–water partition coefficient (Wildman–Crippen LogP) is 3.87. The predicted molar refractivity (Wildman–Crippen MR) is 100 cm³/mol. The first-order valence-corrected chi connectivity index (χ1v) is 8.90. The van der Waals surface area contributed by atoms with E-state index in [0.29, 0.717) is 23.7 Å². The van der Waals surface area contributed by atoms with Crippen LogP contribution in [0.15, 0.2) is 42.5 Å². The first-order valence-electron chi connectivity index (χ1n) is 7.71. The summed E-state index contributed by atoms with van der Waals surface area (Å²) in [4.78, 5) is 4.44. The van der Waals surface area contributed by atoms with E-state index in [1.165, 1.54) is 11.3 Å². The zero-order valence-electron chi connectivity index (χ0n) is 13.3. The molecule has 1 atom stereocenters. The summed E-state index contributed by atoms with van der Waals surface area (Å²) in [6, 6.07) is 14.9. The van der Waals surface area contributed by atoms with Gasteiger partial charge in [-0.25, -0.2) is 4.98 Å². The Labute approximate surface area is 154 Å². The molecule has 25 heavy (non-hydrogen) atoms. The minimum atomic E-state index is -0.672. The molecule has 0 bridgehead atoms. The number of fused-ring (bicyclic) bond motifs is 1. The maximum atomic E-state index is 10.1. The zero-order valence-corrected chi connectivity index (χ0v) is 14.8. The highest BCUT2D eigenvalue weighted by atomic mass is 35.5. The van der Waals surface area contributed by atoms with Crippen LogP contribution in [-0.2, 0) is 6.42 Å². The molecule has 7 heteroatoms. The van der Waals surface area contributed by atoms with Crippen molar-refractivity contribution in [3.05, 3.63) is 53.1 Å². The number of thiazole rings is 1. The number of benzene rings is 2. The van der Waals surface area contributed by atoms with Gasteiger partial charge in [-0.3, -0.25) is 0 Å². The van der Waals surface area contributed by atoms with Crippen LogP contribution < -0.4 is 10.1 Å². The number of nitrogens with zero attached hydrogens (tertiary/aromatic N) is 2. The summed E-state index contributed by atoms with van der Waals surface area (Å²) in [7, 11) is 0. The quantitative estimate of drug-likeness (QED) is 0.657. The van der Waals surface area contributed by atoms with Crippen molar-refractivity contribution in [2.75, 3.05) is 18.5 Å². The van der Waals surface area contributed by atoms with Gasteiger partial charge in [-0.2, -0.15) is 5.26 Å². The number of hydrogen-bond acceptors (Lipinski definition) is 6. The topological polar surface area (TPSA) is 78.2 Å². The van der Waals surface area contributed by atoms with Gasteiger partial charge in [0.25, 0.3) is 0 Å². The maximum absolute atomic E-state index is 10.1. The highest BCUT2D eigenvalue weighted by Gasteiger charge is 2.08. The second-order valence-electron chi connectivity index (χ2n) is 5.46. The van der Waals surface area contributed by atoms with E-state index >= 15 is 0 Å². The summed E-state index contributed by atoms with van der Waals surface area (Å²) < 4.78 is 6.55. The number of rotatable bonds is 7. The second kappa shape index (κ2) is 8.17. The van der Waals surface area contributed by atoms with Crippen LogP contribution in [0.4, 0.5) is 5.13 Å². The van der Waals surface area contributed by atoms with E-state index in [9.17, 15) is 5.11 Å². The Balaban J connectivity index is 1.48. The summed E-state index contributed by atoms with van der Waals surface area (Å²) in [6.45, 7) is 0.501. The second-order valence-corrected chi connectivity index (χ2v) is 6.92. The molecule has 2 N–H and O–H groups in total. The van der Waals surface area contributed by atoms with E-state index in [4.69, 9.17) is 21.6 Å². The number of nitriles is 1. The van der Waals surface area contributed by atoms with Gasteiger partial charge in [0.1, 0.15) is 18.5 Å². The SMILES string of the molecule is N#CCc1ccc(OCC(O)CNc2nc3ccc(Cl)cc3s2)cc1. The lowest BCUT2D eigenvalue weighted by molar-refractivity contribution is 0.117. The molecule has 0 aliphatic rings. The van der Waals surface area contributed by atoms with E-state index in [1.807, 2.05) is 24.3 Å². The summed E-state index contributed by atoms with van der Waals surface area (Å²) >= 11 is 7.46. The van der Waals surface area contributed by atoms with Crippen LogP contribution in [0.5, 0.6) is 5.75 Å². The monoisotopic (exact) mass is 373 g/mol. The van der Waals surface area contributed by atoms with Gasteiger partial charge >= 0.3 is 0 Å². The van der Waals surface area contributed by atoms with Gasteiger partial charge in [-0.1, -0.05) is 35.1 Å². The van der Waals surface area contributed by atoms with E-state index in [-0.39, 0.29) is 6.61 Å². The fraction of sp³-hybridized carbons (Fsp3) is 0.222. The molecule has 3 rings (SSSR count). The Morgan fingerprint density at radius 3 is 2.84 bits per heavy atom.